The van der Waals surface area contributed by atoms with E-state index in [0.29, 0.717) is 0 Å². The van der Waals surface area contributed by atoms with Crippen molar-refractivity contribution in [2.24, 2.45) is 0 Å². The van der Waals surface area contributed by atoms with Gasteiger partial charge in [-0.3, -0.25) is 14.6 Å². The Bertz CT molecular complexity index is 871. The zero-order valence-corrected chi connectivity index (χ0v) is 13.0. The SMILES string of the molecule is Nc1c(C(=O)NC2CCc3c(Br)cccc32)[nH]c(=O)[nH]c1=O. The molecule has 1 heterocycles. The third-order valence-electron chi connectivity index (χ3n) is 3.73. The Kier molecular flexibility index (Phi) is 3.61. The van der Waals surface area contributed by atoms with Gasteiger partial charge in [0.15, 0.2) is 0 Å². The number of amides is 1. The molecule has 22 heavy (non-hydrogen) atoms. The fourth-order valence-electron chi connectivity index (χ4n) is 2.67. The first-order chi connectivity index (χ1) is 10.5. The number of carbonyl (C=O) groups excluding carboxylic acids is 1. The van der Waals surface area contributed by atoms with Gasteiger partial charge in [0.05, 0.1) is 6.04 Å². The number of hydrogen-bond acceptors (Lipinski definition) is 4. The van der Waals surface area contributed by atoms with Gasteiger partial charge in [0.2, 0.25) is 0 Å². The van der Waals surface area contributed by atoms with Crippen molar-refractivity contribution in [3.05, 3.63) is 60.3 Å². The molecular weight excluding hydrogens is 352 g/mol. The molecule has 1 aliphatic carbocycles. The molecule has 0 bridgehead atoms. The molecule has 1 aliphatic rings. The van der Waals surface area contributed by atoms with Crippen LogP contribution in [0.5, 0.6) is 0 Å². The minimum Gasteiger partial charge on any atom is -0.392 e. The van der Waals surface area contributed by atoms with Gasteiger partial charge in [0, 0.05) is 4.47 Å². The molecule has 3 rings (SSSR count). The highest BCUT2D eigenvalue weighted by Gasteiger charge is 2.26. The van der Waals surface area contributed by atoms with Crippen LogP contribution in [0.2, 0.25) is 0 Å². The van der Waals surface area contributed by atoms with E-state index in [1.807, 2.05) is 23.2 Å². The second-order valence-electron chi connectivity index (χ2n) is 5.07. The van der Waals surface area contributed by atoms with Crippen LogP contribution in [0.15, 0.2) is 32.3 Å². The van der Waals surface area contributed by atoms with Crippen molar-refractivity contribution < 1.29 is 4.79 Å². The lowest BCUT2D eigenvalue weighted by Gasteiger charge is -2.14. The Hall–Kier alpha value is -2.35. The van der Waals surface area contributed by atoms with Gasteiger partial charge in [-0.25, -0.2) is 4.79 Å². The molecule has 2 aromatic rings. The summed E-state index contributed by atoms with van der Waals surface area (Å²) in [6.07, 6.45) is 1.58. The first-order valence-electron chi connectivity index (χ1n) is 6.67. The van der Waals surface area contributed by atoms with Crippen molar-refractivity contribution in [1.82, 2.24) is 15.3 Å². The van der Waals surface area contributed by atoms with Crippen LogP contribution >= 0.6 is 15.9 Å². The maximum Gasteiger partial charge on any atom is 0.326 e. The maximum absolute atomic E-state index is 12.3. The molecule has 1 unspecified atom stereocenters. The molecule has 114 valence electrons. The molecule has 1 atom stereocenters. The predicted molar refractivity (Wildman–Crippen MR) is 84.8 cm³/mol. The fourth-order valence-corrected chi connectivity index (χ4v) is 3.25. The minimum atomic E-state index is -0.775. The molecule has 7 nitrogen and oxygen atoms in total. The largest absolute Gasteiger partial charge is 0.392 e. The first kappa shape index (κ1) is 14.6. The smallest absolute Gasteiger partial charge is 0.326 e. The molecule has 1 aromatic carbocycles. The van der Waals surface area contributed by atoms with Gasteiger partial charge >= 0.3 is 5.69 Å². The number of nitrogens with one attached hydrogen (secondary N) is 3. The maximum atomic E-state index is 12.3. The molecule has 0 saturated heterocycles. The van der Waals surface area contributed by atoms with Gasteiger partial charge in [-0.05, 0) is 30.0 Å². The lowest BCUT2D eigenvalue weighted by atomic mass is 10.1. The van der Waals surface area contributed by atoms with Crippen molar-refractivity contribution in [3.8, 4) is 0 Å². The predicted octanol–water partition coefficient (Wildman–Crippen LogP) is 0.825. The van der Waals surface area contributed by atoms with Crippen molar-refractivity contribution >= 4 is 27.5 Å². The normalized spacial score (nSPS) is 16.3. The Labute approximate surface area is 133 Å². The van der Waals surface area contributed by atoms with Crippen LogP contribution in [-0.2, 0) is 6.42 Å². The van der Waals surface area contributed by atoms with Gasteiger partial charge < -0.3 is 16.0 Å². The highest BCUT2D eigenvalue weighted by Crippen LogP contribution is 2.35. The molecule has 8 heteroatoms. The topological polar surface area (TPSA) is 121 Å². The summed E-state index contributed by atoms with van der Waals surface area (Å²) in [5.41, 5.74) is 5.69. The minimum absolute atomic E-state index is 0.179. The zero-order chi connectivity index (χ0) is 15.9. The third-order valence-corrected chi connectivity index (χ3v) is 4.47. The first-order valence-corrected chi connectivity index (χ1v) is 7.47. The Morgan fingerprint density at radius 3 is 2.86 bits per heavy atom. The number of hydrogen-bond donors (Lipinski definition) is 4. The Morgan fingerprint density at radius 2 is 2.09 bits per heavy atom. The van der Waals surface area contributed by atoms with E-state index in [1.165, 1.54) is 0 Å². The van der Waals surface area contributed by atoms with Crippen LogP contribution in [0.4, 0.5) is 5.69 Å². The molecule has 0 fully saturated rings. The number of benzene rings is 1. The van der Waals surface area contributed by atoms with E-state index < -0.39 is 17.2 Å². The summed E-state index contributed by atoms with van der Waals surface area (Å²) in [7, 11) is 0. The number of aromatic nitrogens is 2. The van der Waals surface area contributed by atoms with Crippen LogP contribution in [0.3, 0.4) is 0 Å². The molecule has 0 aliphatic heterocycles. The molecule has 0 saturated carbocycles. The number of nitrogen functional groups attached to an aromatic ring is 1. The summed E-state index contributed by atoms with van der Waals surface area (Å²) in [4.78, 5) is 39.3. The lowest BCUT2D eigenvalue weighted by Crippen LogP contribution is -2.34. The van der Waals surface area contributed by atoms with E-state index in [2.05, 4.69) is 26.2 Å². The molecule has 0 radical (unpaired) electrons. The van der Waals surface area contributed by atoms with E-state index in [4.69, 9.17) is 5.73 Å². The Balaban J connectivity index is 1.90. The number of fused-ring (bicyclic) bond motifs is 1. The average molecular weight is 365 g/mol. The van der Waals surface area contributed by atoms with Gasteiger partial charge in [-0.2, -0.15) is 0 Å². The van der Waals surface area contributed by atoms with Gasteiger partial charge in [-0.15, -0.1) is 0 Å². The Morgan fingerprint density at radius 1 is 1.32 bits per heavy atom. The van der Waals surface area contributed by atoms with E-state index in [9.17, 15) is 14.4 Å². The summed E-state index contributed by atoms with van der Waals surface area (Å²) in [5, 5.41) is 2.81. The summed E-state index contributed by atoms with van der Waals surface area (Å²) in [5.74, 6) is -0.571. The van der Waals surface area contributed by atoms with E-state index in [0.717, 1.165) is 28.4 Å². The molecule has 5 N–H and O–H groups in total. The van der Waals surface area contributed by atoms with Crippen LogP contribution in [0, 0.1) is 0 Å². The van der Waals surface area contributed by atoms with Crippen LogP contribution < -0.4 is 22.3 Å². The lowest BCUT2D eigenvalue weighted by molar-refractivity contribution is 0.0932. The van der Waals surface area contributed by atoms with E-state index >= 15 is 0 Å². The fraction of sp³-hybridized carbons (Fsp3) is 0.214. The van der Waals surface area contributed by atoms with E-state index in [1.54, 1.807) is 0 Å². The number of rotatable bonds is 2. The second-order valence-corrected chi connectivity index (χ2v) is 5.92. The molecule has 0 spiro atoms. The van der Waals surface area contributed by atoms with Crippen molar-refractivity contribution in [1.29, 1.82) is 0 Å². The van der Waals surface area contributed by atoms with Gasteiger partial charge in [0.25, 0.3) is 11.5 Å². The second kappa shape index (κ2) is 5.45. The van der Waals surface area contributed by atoms with Crippen LogP contribution in [0.25, 0.3) is 0 Å². The number of carbonyl (C=O) groups is 1. The highest BCUT2D eigenvalue weighted by atomic mass is 79.9. The number of anilines is 1. The zero-order valence-electron chi connectivity index (χ0n) is 11.4. The molecule has 1 aromatic heterocycles. The summed E-state index contributed by atoms with van der Waals surface area (Å²) < 4.78 is 1.01. The van der Waals surface area contributed by atoms with Crippen molar-refractivity contribution in [3.63, 3.8) is 0 Å². The standard InChI is InChI=1S/C14H13BrN4O3/c15-8-3-1-2-7-6(8)4-5-9(7)17-13(21)11-10(16)12(20)19-14(22)18-11/h1-3,9H,4-5,16H2,(H,17,21)(H2,18,19,20,22). The van der Waals surface area contributed by atoms with Crippen LogP contribution in [-0.4, -0.2) is 15.9 Å². The van der Waals surface area contributed by atoms with Gasteiger partial charge in [0.1, 0.15) is 11.4 Å². The molecule has 1 amide bonds. The number of nitrogens with two attached hydrogens (primary N) is 1. The highest BCUT2D eigenvalue weighted by molar-refractivity contribution is 9.10. The average Bonchev–Trinajstić information content (AvgIpc) is 2.87. The quantitative estimate of drug-likeness (QED) is 0.630. The third kappa shape index (κ3) is 2.45. The molecular formula is C14H13BrN4O3. The summed E-state index contributed by atoms with van der Waals surface area (Å²) in [6, 6.07) is 5.62. The van der Waals surface area contributed by atoms with Gasteiger partial charge in [-0.1, -0.05) is 28.1 Å². The summed E-state index contributed by atoms with van der Waals surface area (Å²) in [6.45, 7) is 0. The monoisotopic (exact) mass is 364 g/mol. The van der Waals surface area contributed by atoms with Crippen LogP contribution in [0.1, 0.15) is 34.1 Å². The number of halogens is 1. The number of aromatic amines is 2. The van der Waals surface area contributed by atoms with Crippen molar-refractivity contribution in [2.75, 3.05) is 5.73 Å². The number of H-pyrrole nitrogens is 2. The summed E-state index contributed by atoms with van der Waals surface area (Å²) >= 11 is 3.49. The van der Waals surface area contributed by atoms with E-state index in [-0.39, 0.29) is 17.4 Å². The van der Waals surface area contributed by atoms with Crippen molar-refractivity contribution in [2.45, 2.75) is 18.9 Å².